The summed E-state index contributed by atoms with van der Waals surface area (Å²) in [6, 6.07) is 2.16. The molecule has 0 amide bonds. The van der Waals surface area contributed by atoms with E-state index in [2.05, 4.69) is 23.5 Å². The lowest BCUT2D eigenvalue weighted by Crippen LogP contribution is -2.30. The third-order valence-corrected chi connectivity index (χ3v) is 2.90. The van der Waals surface area contributed by atoms with Crippen LogP contribution in [0.5, 0.6) is 0 Å². The molecule has 1 heterocycles. The lowest BCUT2D eigenvalue weighted by molar-refractivity contribution is 0.127. The highest BCUT2D eigenvalue weighted by Crippen LogP contribution is 2.20. The number of anilines is 2. The van der Waals surface area contributed by atoms with Crippen LogP contribution in [0.25, 0.3) is 0 Å². The predicted molar refractivity (Wildman–Crippen MR) is 65.3 cm³/mol. The summed E-state index contributed by atoms with van der Waals surface area (Å²) in [4.78, 5) is 0. The van der Waals surface area contributed by atoms with Gasteiger partial charge in [0.15, 0.2) is 0 Å². The zero-order valence-corrected chi connectivity index (χ0v) is 10.3. The van der Waals surface area contributed by atoms with Crippen LogP contribution < -0.4 is 11.1 Å². The van der Waals surface area contributed by atoms with Crippen LogP contribution in [0.15, 0.2) is 6.07 Å². The Balaban J connectivity index is 2.50. The van der Waals surface area contributed by atoms with Gasteiger partial charge in [0.25, 0.3) is 0 Å². The van der Waals surface area contributed by atoms with Gasteiger partial charge in [0.05, 0.1) is 12.6 Å². The summed E-state index contributed by atoms with van der Waals surface area (Å²) in [5.74, 6) is 1.08. The molecule has 1 atom stereocenters. The van der Waals surface area contributed by atoms with E-state index in [0.29, 0.717) is 24.4 Å². The van der Waals surface area contributed by atoms with E-state index >= 15 is 0 Å². The smallest absolute Gasteiger partial charge is 0.139 e. The van der Waals surface area contributed by atoms with E-state index in [9.17, 15) is 0 Å². The Morgan fingerprint density at radius 2 is 2.33 bits per heavy atom. The number of rotatable bonds is 6. The first-order valence-electron chi connectivity index (χ1n) is 5.20. The molecular weight excluding hydrogens is 210 g/mol. The molecule has 3 N–H and O–H groups in total. The molecule has 0 spiro atoms. The molecule has 0 radical (unpaired) electrons. The minimum absolute atomic E-state index is 0.310. The fourth-order valence-electron chi connectivity index (χ4n) is 1.19. The van der Waals surface area contributed by atoms with Gasteiger partial charge in [0.1, 0.15) is 10.8 Å². The number of nitrogens with zero attached hydrogens (tertiary/aromatic N) is 1. The number of ether oxygens (including phenoxy) is 1. The first-order valence-corrected chi connectivity index (χ1v) is 5.97. The molecule has 1 rings (SSSR count). The van der Waals surface area contributed by atoms with Crippen molar-refractivity contribution >= 4 is 22.4 Å². The molecule has 0 saturated heterocycles. The molecule has 4 nitrogen and oxygen atoms in total. The van der Waals surface area contributed by atoms with Crippen molar-refractivity contribution in [2.45, 2.75) is 26.8 Å². The first-order chi connectivity index (χ1) is 7.13. The molecule has 15 heavy (non-hydrogen) atoms. The maximum Gasteiger partial charge on any atom is 0.139 e. The lowest BCUT2D eigenvalue weighted by Gasteiger charge is -2.21. The van der Waals surface area contributed by atoms with Crippen molar-refractivity contribution in [3.8, 4) is 0 Å². The van der Waals surface area contributed by atoms with E-state index in [1.54, 1.807) is 0 Å². The van der Waals surface area contributed by atoms with Crippen LogP contribution in [0.2, 0.25) is 0 Å². The second kappa shape index (κ2) is 5.92. The lowest BCUT2D eigenvalue weighted by atomic mass is 10.1. The van der Waals surface area contributed by atoms with Gasteiger partial charge in [-0.05, 0) is 24.4 Å². The Bertz CT molecular complexity index is 288. The van der Waals surface area contributed by atoms with E-state index in [1.807, 2.05) is 13.0 Å². The quantitative estimate of drug-likeness (QED) is 0.785. The first kappa shape index (κ1) is 12.3. The van der Waals surface area contributed by atoms with Gasteiger partial charge in [0.2, 0.25) is 0 Å². The van der Waals surface area contributed by atoms with Crippen LogP contribution in [0.4, 0.5) is 10.8 Å². The van der Waals surface area contributed by atoms with Gasteiger partial charge in [-0.25, -0.2) is 0 Å². The second-order valence-electron chi connectivity index (χ2n) is 3.77. The Kier molecular flexibility index (Phi) is 4.84. The van der Waals surface area contributed by atoms with Crippen LogP contribution in [0, 0.1) is 5.92 Å². The van der Waals surface area contributed by atoms with Gasteiger partial charge in [-0.1, -0.05) is 13.8 Å². The molecular formula is C10H19N3OS. The molecule has 1 unspecified atom stereocenters. The predicted octanol–water partition coefficient (Wildman–Crippen LogP) is 2.20. The monoisotopic (exact) mass is 229 g/mol. The van der Waals surface area contributed by atoms with Crippen molar-refractivity contribution in [1.29, 1.82) is 0 Å². The molecule has 0 aliphatic heterocycles. The van der Waals surface area contributed by atoms with E-state index in [1.165, 1.54) is 11.5 Å². The molecule has 5 heteroatoms. The highest BCUT2D eigenvalue weighted by molar-refractivity contribution is 7.10. The highest BCUT2D eigenvalue weighted by atomic mass is 32.1. The van der Waals surface area contributed by atoms with Crippen molar-refractivity contribution in [1.82, 2.24) is 4.37 Å². The van der Waals surface area contributed by atoms with Crippen LogP contribution in [0.1, 0.15) is 20.8 Å². The maximum atomic E-state index is 5.56. The van der Waals surface area contributed by atoms with E-state index < -0.39 is 0 Å². The third kappa shape index (κ3) is 4.05. The number of nitrogens with one attached hydrogen (secondary N) is 1. The molecule has 1 aromatic rings. The largest absolute Gasteiger partial charge is 0.383 e. The number of nitrogen functional groups attached to an aromatic ring is 1. The van der Waals surface area contributed by atoms with Crippen LogP contribution in [-0.4, -0.2) is 23.6 Å². The Morgan fingerprint density at radius 3 is 2.80 bits per heavy atom. The summed E-state index contributed by atoms with van der Waals surface area (Å²) in [6.45, 7) is 7.80. The summed E-state index contributed by atoms with van der Waals surface area (Å²) in [5, 5.41) is 4.39. The number of aromatic nitrogens is 1. The van der Waals surface area contributed by atoms with Gasteiger partial charge in [-0.15, -0.1) is 0 Å². The molecule has 0 aliphatic carbocycles. The summed E-state index contributed by atoms with van der Waals surface area (Å²) in [7, 11) is 0. The van der Waals surface area contributed by atoms with Crippen molar-refractivity contribution in [3.63, 3.8) is 0 Å². The van der Waals surface area contributed by atoms with Crippen molar-refractivity contribution in [2.75, 3.05) is 24.3 Å². The molecule has 0 bridgehead atoms. The maximum absolute atomic E-state index is 5.56. The number of nitrogens with two attached hydrogens (primary N) is 1. The summed E-state index contributed by atoms with van der Waals surface area (Å²) in [5.41, 5.74) is 5.56. The van der Waals surface area contributed by atoms with Gasteiger partial charge in [-0.2, -0.15) is 4.37 Å². The Labute approximate surface area is 95.0 Å². The van der Waals surface area contributed by atoms with Gasteiger partial charge in [-0.3, -0.25) is 0 Å². The standard InChI is InChI=1S/C10H19N3OS/c1-4-14-6-8(7(2)3)12-10-5-9(11)13-15-10/h5,7-8,12H,4,6H2,1-3H3,(H2,11,13). The van der Waals surface area contributed by atoms with Gasteiger partial charge < -0.3 is 15.8 Å². The van der Waals surface area contributed by atoms with Crippen LogP contribution >= 0.6 is 11.5 Å². The zero-order valence-electron chi connectivity index (χ0n) is 9.49. The summed E-state index contributed by atoms with van der Waals surface area (Å²) >= 11 is 1.39. The minimum Gasteiger partial charge on any atom is -0.383 e. The van der Waals surface area contributed by atoms with Crippen molar-refractivity contribution < 1.29 is 4.74 Å². The van der Waals surface area contributed by atoms with Gasteiger partial charge >= 0.3 is 0 Å². The third-order valence-electron chi connectivity index (χ3n) is 2.16. The van der Waals surface area contributed by atoms with E-state index in [0.717, 1.165) is 11.6 Å². The number of hydrogen-bond acceptors (Lipinski definition) is 5. The Hall–Kier alpha value is -0.810. The summed E-state index contributed by atoms with van der Waals surface area (Å²) in [6.07, 6.45) is 0. The average molecular weight is 229 g/mol. The molecule has 0 aliphatic rings. The fraction of sp³-hybridized carbons (Fsp3) is 0.700. The van der Waals surface area contributed by atoms with Crippen molar-refractivity contribution in [2.24, 2.45) is 5.92 Å². The second-order valence-corrected chi connectivity index (χ2v) is 4.58. The van der Waals surface area contributed by atoms with E-state index in [4.69, 9.17) is 10.5 Å². The highest BCUT2D eigenvalue weighted by Gasteiger charge is 2.14. The topological polar surface area (TPSA) is 60.2 Å². The SMILES string of the molecule is CCOCC(Nc1cc(N)ns1)C(C)C. The molecule has 0 aromatic carbocycles. The van der Waals surface area contributed by atoms with E-state index in [-0.39, 0.29) is 0 Å². The Morgan fingerprint density at radius 1 is 1.60 bits per heavy atom. The number of hydrogen-bond donors (Lipinski definition) is 2. The molecule has 0 saturated carbocycles. The fourth-order valence-corrected chi connectivity index (χ4v) is 1.82. The van der Waals surface area contributed by atoms with Gasteiger partial charge in [0, 0.05) is 12.7 Å². The minimum atomic E-state index is 0.310. The molecule has 86 valence electrons. The summed E-state index contributed by atoms with van der Waals surface area (Å²) < 4.78 is 9.45. The molecule has 1 aromatic heterocycles. The van der Waals surface area contributed by atoms with Crippen LogP contribution in [0.3, 0.4) is 0 Å². The van der Waals surface area contributed by atoms with Crippen LogP contribution in [-0.2, 0) is 4.74 Å². The molecule has 0 fully saturated rings. The zero-order chi connectivity index (χ0) is 11.3. The average Bonchev–Trinajstić information content (AvgIpc) is 2.58. The normalized spacial score (nSPS) is 13.1. The van der Waals surface area contributed by atoms with Crippen molar-refractivity contribution in [3.05, 3.63) is 6.07 Å².